The van der Waals surface area contributed by atoms with Gasteiger partial charge in [-0.05, 0) is 120 Å². The molecule has 11 atom stereocenters. The van der Waals surface area contributed by atoms with E-state index in [1.807, 2.05) is 111 Å². The van der Waals surface area contributed by atoms with Gasteiger partial charge in [-0.15, -0.1) is 0 Å². The summed E-state index contributed by atoms with van der Waals surface area (Å²) in [6, 6.07) is 16.3. The van der Waals surface area contributed by atoms with Crippen LogP contribution in [0.25, 0.3) is 0 Å². The standard InChI is InChI=1S/C78H118N10O14/c1-19-66(92)83(14)59(43-54-32-24-20-25-33-54)65(91)47-58(48-102-78(10,11)12)75(99)84(15)60(44-55-34-26-21-27-35-55)64(90)46-57(40-49(2)3)74(98)86(17)62(42-51(6)7)70(94)81-67(53(9)89)76(100)87(18)63(45-56-36-28-22-29-37-56)71(95)82-68(77(101)88-38-30-23-31-39-88)72(96)80-52(8)73(97)85(16)61(41-50(4)5)69(93)79-13/h20-22,24-29,32-37,49-53,57-63,67-68,89H,19,23,30-31,38-48H2,1-18H3,(H,79,93)(H,80,96)(H,81,94)(H,82,95)/t52-,53-,57-,58+,59+,60+,61+,62+,63+,67+,68+/m1/s1. The molecule has 24 heteroatoms. The van der Waals surface area contributed by atoms with Gasteiger partial charge in [0, 0.05) is 87.0 Å². The Bertz CT molecular complexity index is 3260. The lowest BCUT2D eigenvalue weighted by Crippen LogP contribution is -2.64. The maximum Gasteiger partial charge on any atom is 0.254 e. The Balaban J connectivity index is 1.71. The van der Waals surface area contributed by atoms with E-state index in [1.165, 1.54) is 73.6 Å². The predicted octanol–water partition coefficient (Wildman–Crippen LogP) is 5.98. The molecule has 1 aliphatic heterocycles. The molecule has 0 radical (unpaired) electrons. The Kier molecular flexibility index (Phi) is 34.6. The second kappa shape index (κ2) is 41.1. The summed E-state index contributed by atoms with van der Waals surface area (Å²) in [7, 11) is 8.70. The fourth-order valence-electron chi connectivity index (χ4n) is 12.9. The number of likely N-dealkylation sites (N-methyl/N-ethyl adjacent to an activating group) is 6. The summed E-state index contributed by atoms with van der Waals surface area (Å²) < 4.78 is 6.23. The summed E-state index contributed by atoms with van der Waals surface area (Å²) >= 11 is 0. The Morgan fingerprint density at radius 2 is 0.882 bits per heavy atom. The molecule has 3 aromatic carbocycles. The molecule has 0 aromatic heterocycles. The zero-order chi connectivity index (χ0) is 76.5. The normalized spacial score (nSPS) is 15.7. The number of nitrogens with zero attached hydrogens (tertiary/aromatic N) is 6. The minimum absolute atomic E-state index is 0.0151. The SMILES string of the molecule is CCC(=O)N(C)[C@@H](Cc1ccccc1)C(=O)C[C@@H](COC(C)(C)C)C(=O)N(C)[C@@H](Cc1ccccc1)C(=O)C[C@@H](CC(C)C)C(=O)N(C)[C@@H](CC(C)C)C(=O)N[C@H](C(=O)N(C)[C@@H](Cc1ccccc1)C(=O)N[C@@H](C(=O)N[C@H](C)C(=O)N(C)[C@@H](CC(C)C)C(=O)NC)C(=O)N1CCCCC1)[C@@H](C)O. The Morgan fingerprint density at radius 1 is 0.480 bits per heavy atom. The number of benzene rings is 3. The van der Waals surface area contributed by atoms with Crippen LogP contribution in [0.5, 0.6) is 0 Å². The number of amides is 10. The minimum atomic E-state index is -1.90. The highest BCUT2D eigenvalue weighted by atomic mass is 16.5. The van der Waals surface area contributed by atoms with Gasteiger partial charge in [-0.1, -0.05) is 139 Å². The second-order valence-electron chi connectivity index (χ2n) is 29.7. The minimum Gasteiger partial charge on any atom is -0.391 e. The third kappa shape index (κ3) is 26.2. The largest absolute Gasteiger partial charge is 0.391 e. The number of aliphatic hydroxyl groups is 1. The van der Waals surface area contributed by atoms with Crippen LogP contribution in [0.15, 0.2) is 91.0 Å². The Morgan fingerprint density at radius 3 is 1.32 bits per heavy atom. The maximum atomic E-state index is 15.4. The van der Waals surface area contributed by atoms with Gasteiger partial charge in [0.2, 0.25) is 47.3 Å². The van der Waals surface area contributed by atoms with E-state index in [1.54, 1.807) is 56.4 Å². The molecule has 24 nitrogen and oxygen atoms in total. The summed E-state index contributed by atoms with van der Waals surface area (Å²) in [6.45, 7) is 21.5. The zero-order valence-corrected chi connectivity index (χ0v) is 63.8. The highest BCUT2D eigenvalue weighted by Crippen LogP contribution is 2.27. The number of piperidine rings is 1. The van der Waals surface area contributed by atoms with Gasteiger partial charge in [0.05, 0.1) is 36.3 Å². The molecule has 564 valence electrons. The quantitative estimate of drug-likeness (QED) is 0.0411. The van der Waals surface area contributed by atoms with Crippen LogP contribution in [0.3, 0.4) is 0 Å². The van der Waals surface area contributed by atoms with E-state index in [0.717, 1.165) is 16.9 Å². The topological polar surface area (TPSA) is 302 Å². The Labute approximate surface area is 605 Å². The van der Waals surface area contributed by atoms with Gasteiger partial charge in [0.15, 0.2) is 17.6 Å². The third-order valence-electron chi connectivity index (χ3n) is 18.8. The first-order valence-electron chi connectivity index (χ1n) is 36.2. The first kappa shape index (κ1) is 86.0. The fraction of sp³-hybridized carbons (Fsp3) is 0.615. The monoisotopic (exact) mass is 1420 g/mol. The van der Waals surface area contributed by atoms with Crippen LogP contribution in [0.1, 0.15) is 158 Å². The number of hydrogen-bond donors (Lipinski definition) is 5. The van der Waals surface area contributed by atoms with E-state index >= 15 is 28.8 Å². The third-order valence-corrected chi connectivity index (χ3v) is 18.8. The number of nitrogens with one attached hydrogen (secondary N) is 4. The van der Waals surface area contributed by atoms with Crippen molar-refractivity contribution in [3.05, 3.63) is 108 Å². The van der Waals surface area contributed by atoms with Gasteiger partial charge >= 0.3 is 0 Å². The van der Waals surface area contributed by atoms with E-state index in [4.69, 9.17) is 4.74 Å². The number of rotatable bonds is 39. The maximum absolute atomic E-state index is 15.4. The highest BCUT2D eigenvalue weighted by Gasteiger charge is 2.44. The lowest BCUT2D eigenvalue weighted by molar-refractivity contribution is -0.149. The number of Topliss-reactive ketones (excluding diaryl/α,β-unsaturated/α-hetero) is 2. The van der Waals surface area contributed by atoms with Crippen molar-refractivity contribution in [1.29, 1.82) is 0 Å². The Hall–Kier alpha value is -8.38. The smallest absolute Gasteiger partial charge is 0.254 e. The lowest BCUT2D eigenvalue weighted by Gasteiger charge is -2.36. The molecule has 0 saturated carbocycles. The molecule has 10 amide bonds. The second-order valence-corrected chi connectivity index (χ2v) is 29.7. The molecule has 102 heavy (non-hydrogen) atoms. The van der Waals surface area contributed by atoms with Crippen molar-refractivity contribution >= 4 is 70.6 Å². The average molecular weight is 1420 g/mol. The summed E-state index contributed by atoms with van der Waals surface area (Å²) in [5.41, 5.74) is 1.35. The van der Waals surface area contributed by atoms with Crippen LogP contribution in [0, 0.1) is 29.6 Å². The number of likely N-dealkylation sites (tertiary alicyclic amines) is 1. The molecule has 1 fully saturated rings. The molecule has 4 rings (SSSR count). The summed E-state index contributed by atoms with van der Waals surface area (Å²) in [5, 5.41) is 22.0. The first-order valence-corrected chi connectivity index (χ1v) is 36.2. The molecule has 0 unspecified atom stereocenters. The molecular weight excluding hydrogens is 1300 g/mol. The molecule has 1 saturated heterocycles. The predicted molar refractivity (Wildman–Crippen MR) is 391 cm³/mol. The van der Waals surface area contributed by atoms with Crippen LogP contribution in [0.4, 0.5) is 0 Å². The van der Waals surface area contributed by atoms with Crippen molar-refractivity contribution < 1.29 is 67.4 Å². The lowest BCUT2D eigenvalue weighted by atomic mass is 9.86. The van der Waals surface area contributed by atoms with Gasteiger partial charge in [-0.3, -0.25) is 57.5 Å². The average Bonchev–Trinajstić information content (AvgIpc) is 0.434. The highest BCUT2D eigenvalue weighted by molar-refractivity contribution is 6.09. The number of carbonyl (C=O) groups excluding carboxylic acids is 12. The van der Waals surface area contributed by atoms with Crippen LogP contribution >= 0.6 is 0 Å². The molecular formula is C78H118N10O14. The molecule has 5 N–H and O–H groups in total. The van der Waals surface area contributed by atoms with Gasteiger partial charge < -0.3 is 60.5 Å². The van der Waals surface area contributed by atoms with E-state index in [0.29, 0.717) is 30.4 Å². The van der Waals surface area contributed by atoms with Gasteiger partial charge in [0.25, 0.3) is 11.8 Å². The van der Waals surface area contributed by atoms with Crippen molar-refractivity contribution in [2.24, 2.45) is 29.6 Å². The molecule has 1 aliphatic rings. The molecule has 0 bridgehead atoms. The van der Waals surface area contributed by atoms with Crippen molar-refractivity contribution in [3.63, 3.8) is 0 Å². The van der Waals surface area contributed by atoms with Crippen molar-refractivity contribution in [1.82, 2.24) is 50.7 Å². The van der Waals surface area contributed by atoms with E-state index in [2.05, 4.69) is 21.3 Å². The van der Waals surface area contributed by atoms with E-state index in [-0.39, 0.29) is 101 Å². The van der Waals surface area contributed by atoms with Crippen molar-refractivity contribution in [3.8, 4) is 0 Å². The van der Waals surface area contributed by atoms with E-state index in [9.17, 15) is 33.9 Å². The van der Waals surface area contributed by atoms with Crippen molar-refractivity contribution in [2.45, 2.75) is 220 Å². The first-order chi connectivity index (χ1) is 47.9. The number of ether oxygens (including phenoxy) is 1. The number of aliphatic hydroxyl groups excluding tert-OH is 1. The molecule has 1 heterocycles. The summed E-state index contributed by atoms with van der Waals surface area (Å²) in [4.78, 5) is 183. The molecule has 0 spiro atoms. The molecule has 3 aromatic rings. The van der Waals surface area contributed by atoms with Crippen LogP contribution in [-0.4, -0.2) is 227 Å². The van der Waals surface area contributed by atoms with Gasteiger partial charge in [0.1, 0.15) is 30.2 Å². The van der Waals surface area contributed by atoms with E-state index < -0.39 is 131 Å². The van der Waals surface area contributed by atoms with Crippen molar-refractivity contribution in [2.75, 3.05) is 62.0 Å². The zero-order valence-electron chi connectivity index (χ0n) is 63.8. The summed E-state index contributed by atoms with van der Waals surface area (Å²) in [6.07, 6.45) is 0.517. The fourth-order valence-corrected chi connectivity index (χ4v) is 12.9. The molecule has 0 aliphatic carbocycles. The number of carbonyl (C=O) groups is 12. The number of ketones is 2. The van der Waals surface area contributed by atoms with Gasteiger partial charge in [-0.2, -0.15) is 0 Å². The van der Waals surface area contributed by atoms with Crippen LogP contribution in [-0.2, 0) is 81.5 Å². The van der Waals surface area contributed by atoms with Crippen LogP contribution in [0.2, 0.25) is 0 Å². The number of hydrogen-bond acceptors (Lipinski definition) is 14. The van der Waals surface area contributed by atoms with Gasteiger partial charge in [-0.25, -0.2) is 0 Å². The van der Waals surface area contributed by atoms with Crippen LogP contribution < -0.4 is 21.3 Å². The summed E-state index contributed by atoms with van der Waals surface area (Å²) in [5.74, 6) is -10.3.